The molecule has 0 radical (unpaired) electrons. The Morgan fingerprint density at radius 2 is 2.07 bits per heavy atom. The summed E-state index contributed by atoms with van der Waals surface area (Å²) in [6.45, 7) is 5.12. The fraction of sp³-hybridized carbons (Fsp3) is 0.318. The summed E-state index contributed by atoms with van der Waals surface area (Å²) in [4.78, 5) is 19.5. The van der Waals surface area contributed by atoms with E-state index in [0.717, 1.165) is 22.6 Å². The van der Waals surface area contributed by atoms with Gasteiger partial charge in [0.2, 0.25) is 0 Å². The number of nitrogens with zero attached hydrogens (tertiary/aromatic N) is 3. The van der Waals surface area contributed by atoms with Crippen LogP contribution in [0.2, 0.25) is 0 Å². The minimum atomic E-state index is -0.294. The molecule has 1 aromatic carbocycles. The molecule has 3 heterocycles. The van der Waals surface area contributed by atoms with Gasteiger partial charge in [0, 0.05) is 24.1 Å². The lowest BCUT2D eigenvalue weighted by atomic mass is 10.1. The van der Waals surface area contributed by atoms with Gasteiger partial charge in [-0.1, -0.05) is 17.3 Å². The Morgan fingerprint density at radius 3 is 2.80 bits per heavy atom. The van der Waals surface area contributed by atoms with E-state index in [1.165, 1.54) is 23.9 Å². The first-order valence-electron chi connectivity index (χ1n) is 9.69. The van der Waals surface area contributed by atoms with E-state index in [0.29, 0.717) is 36.0 Å². The van der Waals surface area contributed by atoms with Crippen LogP contribution in [-0.2, 0) is 10.5 Å². The highest BCUT2D eigenvalue weighted by atomic mass is 32.2. The number of ether oxygens (including phenoxy) is 1. The number of carbonyl (C=O) groups is 1. The van der Waals surface area contributed by atoms with Crippen LogP contribution in [0.4, 0.5) is 4.39 Å². The molecule has 30 heavy (non-hydrogen) atoms. The van der Waals surface area contributed by atoms with E-state index < -0.39 is 0 Å². The van der Waals surface area contributed by atoms with Crippen molar-refractivity contribution in [2.24, 2.45) is 0 Å². The van der Waals surface area contributed by atoms with Crippen molar-refractivity contribution in [1.29, 1.82) is 0 Å². The van der Waals surface area contributed by atoms with Crippen LogP contribution in [0.5, 0.6) is 0 Å². The minimum absolute atomic E-state index is 0.0835. The first kappa shape index (κ1) is 20.6. The van der Waals surface area contributed by atoms with Gasteiger partial charge in [-0.15, -0.1) is 11.8 Å². The predicted molar refractivity (Wildman–Crippen MR) is 111 cm³/mol. The van der Waals surface area contributed by atoms with Gasteiger partial charge in [0.25, 0.3) is 5.91 Å². The predicted octanol–water partition coefficient (Wildman–Crippen LogP) is 4.33. The maximum atomic E-state index is 13.3. The van der Waals surface area contributed by atoms with Crippen molar-refractivity contribution < 1.29 is 18.4 Å². The van der Waals surface area contributed by atoms with Crippen molar-refractivity contribution in [2.75, 3.05) is 19.7 Å². The van der Waals surface area contributed by atoms with Crippen molar-refractivity contribution >= 4 is 17.7 Å². The summed E-state index contributed by atoms with van der Waals surface area (Å²) in [6.07, 6.45) is 1.41. The van der Waals surface area contributed by atoms with Crippen molar-refractivity contribution in [3.63, 3.8) is 0 Å². The Hall–Kier alpha value is -2.71. The molecule has 156 valence electrons. The molecule has 0 N–H and O–H groups in total. The largest absolute Gasteiger partial charge is 0.370 e. The lowest BCUT2D eigenvalue weighted by Crippen LogP contribution is -2.42. The van der Waals surface area contributed by atoms with Crippen LogP contribution in [0, 0.1) is 19.7 Å². The average molecular weight is 428 g/mol. The molecule has 1 fully saturated rings. The van der Waals surface area contributed by atoms with Gasteiger partial charge in [0.05, 0.1) is 24.4 Å². The van der Waals surface area contributed by atoms with Gasteiger partial charge >= 0.3 is 0 Å². The second-order valence-corrected chi connectivity index (χ2v) is 8.07. The molecule has 1 aliphatic heterocycles. The SMILES string of the molecule is Cc1noc(C)c1CSc1ncccc1C(=O)N1CCOC(c2ccc(F)cc2)C1. The molecule has 8 heteroatoms. The summed E-state index contributed by atoms with van der Waals surface area (Å²) in [5, 5.41) is 4.65. The maximum absolute atomic E-state index is 13.3. The number of carbonyl (C=O) groups excluding carboxylic acids is 1. The summed E-state index contributed by atoms with van der Waals surface area (Å²) in [6, 6.07) is 9.78. The molecule has 6 nitrogen and oxygen atoms in total. The Kier molecular flexibility index (Phi) is 6.15. The van der Waals surface area contributed by atoms with Crippen LogP contribution in [0.3, 0.4) is 0 Å². The topological polar surface area (TPSA) is 68.5 Å². The molecule has 1 amide bonds. The summed E-state index contributed by atoms with van der Waals surface area (Å²) < 4.78 is 24.3. The standard InChI is InChI=1S/C22H22FN3O3S/c1-14-19(15(2)29-25-14)13-30-21-18(4-3-9-24-21)22(27)26-10-11-28-20(12-26)16-5-7-17(23)8-6-16/h3-9,20H,10-13H2,1-2H3. The molecule has 1 atom stereocenters. The Labute approximate surface area is 178 Å². The molecule has 4 rings (SSSR count). The van der Waals surface area contributed by atoms with Crippen LogP contribution in [0.25, 0.3) is 0 Å². The van der Waals surface area contributed by atoms with Gasteiger partial charge in [0.15, 0.2) is 0 Å². The zero-order valence-corrected chi connectivity index (χ0v) is 17.6. The van der Waals surface area contributed by atoms with Gasteiger partial charge in [-0.2, -0.15) is 0 Å². The molecule has 0 saturated carbocycles. The average Bonchev–Trinajstić information content (AvgIpc) is 3.10. The molecule has 1 aliphatic rings. The fourth-order valence-corrected chi connectivity index (χ4v) is 4.54. The van der Waals surface area contributed by atoms with Crippen molar-refractivity contribution in [3.05, 3.63) is 76.6 Å². The number of halogens is 1. The monoisotopic (exact) mass is 427 g/mol. The number of morpholine rings is 1. The number of pyridine rings is 1. The Balaban J connectivity index is 1.49. The molecule has 0 aliphatic carbocycles. The molecule has 3 aromatic rings. The lowest BCUT2D eigenvalue weighted by molar-refractivity contribution is -0.0229. The molecule has 0 bridgehead atoms. The smallest absolute Gasteiger partial charge is 0.256 e. The van der Waals surface area contributed by atoms with Crippen LogP contribution in [-0.4, -0.2) is 40.6 Å². The zero-order chi connectivity index (χ0) is 21.1. The van der Waals surface area contributed by atoms with Gasteiger partial charge < -0.3 is 14.2 Å². The number of aryl methyl sites for hydroxylation is 2. The highest BCUT2D eigenvalue weighted by molar-refractivity contribution is 7.98. The zero-order valence-electron chi connectivity index (χ0n) is 16.8. The van der Waals surface area contributed by atoms with Crippen LogP contribution in [0.1, 0.15) is 39.0 Å². The first-order valence-corrected chi connectivity index (χ1v) is 10.7. The third-order valence-electron chi connectivity index (χ3n) is 5.13. The summed E-state index contributed by atoms with van der Waals surface area (Å²) in [7, 11) is 0. The Bertz CT molecular complexity index is 1020. The second-order valence-electron chi connectivity index (χ2n) is 7.11. The van der Waals surface area contributed by atoms with E-state index in [2.05, 4.69) is 10.1 Å². The fourth-order valence-electron chi connectivity index (χ4n) is 3.40. The highest BCUT2D eigenvalue weighted by Crippen LogP contribution is 2.29. The quantitative estimate of drug-likeness (QED) is 0.565. The summed E-state index contributed by atoms with van der Waals surface area (Å²) >= 11 is 1.49. The van der Waals surface area contributed by atoms with Crippen LogP contribution in [0.15, 0.2) is 52.1 Å². The number of thioether (sulfide) groups is 1. The number of hydrogen-bond donors (Lipinski definition) is 0. The van der Waals surface area contributed by atoms with Crippen molar-refractivity contribution in [3.8, 4) is 0 Å². The molecule has 0 spiro atoms. The molecular formula is C22H22FN3O3S. The molecular weight excluding hydrogens is 405 g/mol. The van der Waals surface area contributed by atoms with Gasteiger partial charge in [-0.25, -0.2) is 9.37 Å². The van der Waals surface area contributed by atoms with Crippen LogP contribution < -0.4 is 0 Å². The minimum Gasteiger partial charge on any atom is -0.370 e. The van der Waals surface area contributed by atoms with Gasteiger partial charge in [-0.05, 0) is 43.7 Å². The number of amides is 1. The highest BCUT2D eigenvalue weighted by Gasteiger charge is 2.28. The van der Waals surface area contributed by atoms with E-state index in [9.17, 15) is 9.18 Å². The van der Waals surface area contributed by atoms with E-state index in [4.69, 9.17) is 9.26 Å². The normalized spacial score (nSPS) is 16.6. The maximum Gasteiger partial charge on any atom is 0.256 e. The number of aromatic nitrogens is 2. The van der Waals surface area contributed by atoms with Crippen LogP contribution >= 0.6 is 11.8 Å². The van der Waals surface area contributed by atoms with E-state index >= 15 is 0 Å². The Morgan fingerprint density at radius 1 is 1.27 bits per heavy atom. The second kappa shape index (κ2) is 8.97. The number of rotatable bonds is 5. The van der Waals surface area contributed by atoms with Gasteiger partial charge in [-0.3, -0.25) is 4.79 Å². The summed E-state index contributed by atoms with van der Waals surface area (Å²) in [5.74, 6) is 1.02. The number of hydrogen-bond acceptors (Lipinski definition) is 6. The first-order chi connectivity index (χ1) is 14.5. The third-order valence-corrected chi connectivity index (χ3v) is 6.16. The third kappa shape index (κ3) is 4.39. The molecule has 1 saturated heterocycles. The summed E-state index contributed by atoms with van der Waals surface area (Å²) in [5.41, 5.74) is 3.29. The van der Waals surface area contributed by atoms with Crippen molar-refractivity contribution in [2.45, 2.75) is 30.7 Å². The van der Waals surface area contributed by atoms with E-state index in [1.807, 2.05) is 13.8 Å². The molecule has 1 unspecified atom stereocenters. The number of benzene rings is 1. The van der Waals surface area contributed by atoms with E-state index in [-0.39, 0.29) is 17.8 Å². The lowest BCUT2D eigenvalue weighted by Gasteiger charge is -2.33. The molecule has 2 aromatic heterocycles. The van der Waals surface area contributed by atoms with Gasteiger partial charge in [0.1, 0.15) is 22.7 Å². The van der Waals surface area contributed by atoms with Crippen molar-refractivity contribution in [1.82, 2.24) is 15.0 Å². The van der Waals surface area contributed by atoms with E-state index in [1.54, 1.807) is 35.4 Å².